The molecule has 0 radical (unpaired) electrons. The third-order valence-corrected chi connectivity index (χ3v) is 3.98. The topological polar surface area (TPSA) is 12.0 Å². The van der Waals surface area contributed by atoms with E-state index < -0.39 is 0 Å². The summed E-state index contributed by atoms with van der Waals surface area (Å²) < 4.78 is 0. The molecule has 0 aromatic rings. The highest BCUT2D eigenvalue weighted by Crippen LogP contribution is 2.27. The van der Waals surface area contributed by atoms with Gasteiger partial charge in [-0.05, 0) is 30.9 Å². The average Bonchev–Trinajstić information content (AvgIpc) is 2.14. The van der Waals surface area contributed by atoms with Crippen molar-refractivity contribution in [1.82, 2.24) is 5.32 Å². The lowest BCUT2D eigenvalue weighted by Gasteiger charge is -2.31. The Balaban J connectivity index is 2.24. The molecule has 0 amide bonds. The van der Waals surface area contributed by atoms with E-state index in [0.717, 1.165) is 17.8 Å². The lowest BCUT2D eigenvalue weighted by molar-refractivity contribution is 0.311. The van der Waals surface area contributed by atoms with E-state index in [2.05, 4.69) is 32.3 Å². The Morgan fingerprint density at radius 3 is 2.57 bits per heavy atom. The van der Waals surface area contributed by atoms with Gasteiger partial charge in [0, 0.05) is 17.8 Å². The number of thioether (sulfide) groups is 1. The average molecular weight is 215 g/mol. The summed E-state index contributed by atoms with van der Waals surface area (Å²) in [6.45, 7) is 8.05. The molecule has 0 aliphatic heterocycles. The van der Waals surface area contributed by atoms with Crippen LogP contribution < -0.4 is 5.32 Å². The first-order valence-corrected chi connectivity index (χ1v) is 7.06. The van der Waals surface area contributed by atoms with Gasteiger partial charge in [0.05, 0.1) is 0 Å². The van der Waals surface area contributed by atoms with Crippen molar-refractivity contribution in [2.24, 2.45) is 5.41 Å². The molecule has 1 aliphatic rings. The first kappa shape index (κ1) is 12.4. The summed E-state index contributed by atoms with van der Waals surface area (Å²) in [4.78, 5) is 0. The highest BCUT2D eigenvalue weighted by Gasteiger charge is 2.22. The van der Waals surface area contributed by atoms with Gasteiger partial charge in [-0.2, -0.15) is 11.8 Å². The van der Waals surface area contributed by atoms with E-state index in [9.17, 15) is 0 Å². The summed E-state index contributed by atoms with van der Waals surface area (Å²) in [6.07, 6.45) is 7.84. The van der Waals surface area contributed by atoms with E-state index in [1.807, 2.05) is 11.8 Å². The van der Waals surface area contributed by atoms with E-state index in [-0.39, 0.29) is 0 Å². The van der Waals surface area contributed by atoms with Crippen LogP contribution in [-0.2, 0) is 0 Å². The van der Waals surface area contributed by atoms with Gasteiger partial charge in [-0.25, -0.2) is 0 Å². The van der Waals surface area contributed by atoms with Crippen molar-refractivity contribution >= 4 is 11.8 Å². The Morgan fingerprint density at radius 1 is 1.29 bits per heavy atom. The van der Waals surface area contributed by atoms with E-state index in [4.69, 9.17) is 0 Å². The second-order valence-electron chi connectivity index (χ2n) is 5.66. The van der Waals surface area contributed by atoms with Crippen LogP contribution in [0.3, 0.4) is 0 Å². The summed E-state index contributed by atoms with van der Waals surface area (Å²) >= 11 is 2.04. The Labute approximate surface area is 93.4 Å². The number of nitrogens with one attached hydrogen (secondary N) is 1. The largest absolute Gasteiger partial charge is 0.313 e. The van der Waals surface area contributed by atoms with E-state index >= 15 is 0 Å². The highest BCUT2D eigenvalue weighted by atomic mass is 32.2. The van der Waals surface area contributed by atoms with Crippen molar-refractivity contribution in [3.8, 4) is 0 Å². The van der Waals surface area contributed by atoms with Gasteiger partial charge in [-0.15, -0.1) is 0 Å². The normalized spacial score (nSPS) is 29.1. The molecule has 0 spiro atoms. The standard InChI is InChI=1S/C12H25NS/c1-12(2,3)9-13-10-6-5-7-11(8-10)14-4/h10-11,13H,5-9H2,1-4H3. The van der Waals surface area contributed by atoms with Crippen molar-refractivity contribution in [3.05, 3.63) is 0 Å². The molecule has 1 nitrogen and oxygen atoms in total. The van der Waals surface area contributed by atoms with Gasteiger partial charge < -0.3 is 5.32 Å². The molecule has 84 valence electrons. The highest BCUT2D eigenvalue weighted by molar-refractivity contribution is 7.99. The van der Waals surface area contributed by atoms with Crippen LogP contribution in [0.1, 0.15) is 46.5 Å². The van der Waals surface area contributed by atoms with Crippen molar-refractivity contribution in [2.75, 3.05) is 12.8 Å². The maximum Gasteiger partial charge on any atom is 0.00778 e. The van der Waals surface area contributed by atoms with Gasteiger partial charge in [0.1, 0.15) is 0 Å². The molecule has 1 fully saturated rings. The summed E-state index contributed by atoms with van der Waals surface area (Å²) in [5.41, 5.74) is 0.423. The predicted molar refractivity (Wildman–Crippen MR) is 67.0 cm³/mol. The van der Waals surface area contributed by atoms with E-state index in [1.54, 1.807) is 0 Å². The zero-order valence-corrected chi connectivity index (χ0v) is 10.9. The first-order valence-electron chi connectivity index (χ1n) is 5.77. The van der Waals surface area contributed by atoms with Gasteiger partial charge in [0.2, 0.25) is 0 Å². The van der Waals surface area contributed by atoms with Gasteiger partial charge in [0.15, 0.2) is 0 Å². The van der Waals surface area contributed by atoms with Crippen LogP contribution in [0.15, 0.2) is 0 Å². The van der Waals surface area contributed by atoms with Crippen LogP contribution in [0.2, 0.25) is 0 Å². The zero-order valence-electron chi connectivity index (χ0n) is 10.1. The van der Waals surface area contributed by atoms with Crippen LogP contribution in [0.25, 0.3) is 0 Å². The lowest BCUT2D eigenvalue weighted by atomic mass is 9.92. The van der Waals surface area contributed by atoms with Crippen LogP contribution in [-0.4, -0.2) is 24.1 Å². The number of rotatable bonds is 3. The number of hydrogen-bond acceptors (Lipinski definition) is 2. The second-order valence-corrected chi connectivity index (χ2v) is 6.80. The molecule has 1 aliphatic carbocycles. The molecule has 1 saturated carbocycles. The summed E-state index contributed by atoms with van der Waals surface area (Å²) in [6, 6.07) is 0.778. The van der Waals surface area contributed by atoms with Gasteiger partial charge in [0.25, 0.3) is 0 Å². The molecule has 2 unspecified atom stereocenters. The fraction of sp³-hybridized carbons (Fsp3) is 1.00. The molecular formula is C12H25NS. The molecule has 0 bridgehead atoms. The SMILES string of the molecule is CSC1CCCC(NCC(C)(C)C)C1. The fourth-order valence-electron chi connectivity index (χ4n) is 1.99. The monoisotopic (exact) mass is 215 g/mol. The molecule has 0 saturated heterocycles. The minimum atomic E-state index is 0.423. The summed E-state index contributed by atoms with van der Waals surface area (Å²) in [5.74, 6) is 0. The molecule has 1 N–H and O–H groups in total. The molecule has 2 heteroatoms. The molecule has 0 heterocycles. The molecule has 14 heavy (non-hydrogen) atoms. The van der Waals surface area contributed by atoms with Gasteiger partial charge >= 0.3 is 0 Å². The second kappa shape index (κ2) is 5.41. The van der Waals surface area contributed by atoms with Crippen molar-refractivity contribution < 1.29 is 0 Å². The zero-order chi connectivity index (χ0) is 10.6. The van der Waals surface area contributed by atoms with Crippen molar-refractivity contribution in [1.29, 1.82) is 0 Å². The quantitative estimate of drug-likeness (QED) is 0.775. The van der Waals surface area contributed by atoms with Crippen molar-refractivity contribution in [3.63, 3.8) is 0 Å². The number of hydrogen-bond donors (Lipinski definition) is 1. The fourth-order valence-corrected chi connectivity index (χ4v) is 2.82. The van der Waals surface area contributed by atoms with Crippen LogP contribution in [0, 0.1) is 5.41 Å². The Kier molecular flexibility index (Phi) is 4.78. The minimum Gasteiger partial charge on any atom is -0.313 e. The molecule has 0 aromatic heterocycles. The molecule has 2 atom stereocenters. The molecule has 0 aromatic carbocycles. The molecule has 1 rings (SSSR count). The van der Waals surface area contributed by atoms with Crippen LogP contribution in [0.4, 0.5) is 0 Å². The van der Waals surface area contributed by atoms with Crippen LogP contribution >= 0.6 is 11.8 Å². The Bertz CT molecular complexity index is 162. The van der Waals surface area contributed by atoms with E-state index in [1.165, 1.54) is 25.7 Å². The van der Waals surface area contributed by atoms with Crippen LogP contribution in [0.5, 0.6) is 0 Å². The van der Waals surface area contributed by atoms with E-state index in [0.29, 0.717) is 5.41 Å². The third kappa shape index (κ3) is 4.70. The van der Waals surface area contributed by atoms with Gasteiger partial charge in [-0.1, -0.05) is 27.2 Å². The van der Waals surface area contributed by atoms with Crippen molar-refractivity contribution in [2.45, 2.75) is 57.7 Å². The first-order chi connectivity index (χ1) is 6.51. The third-order valence-electron chi connectivity index (χ3n) is 2.88. The smallest absolute Gasteiger partial charge is 0.00778 e. The Hall–Kier alpha value is 0.310. The maximum atomic E-state index is 3.71. The maximum absolute atomic E-state index is 3.71. The van der Waals surface area contributed by atoms with Gasteiger partial charge in [-0.3, -0.25) is 0 Å². The summed E-state index contributed by atoms with van der Waals surface area (Å²) in [5, 5.41) is 4.62. The Morgan fingerprint density at radius 2 is 2.00 bits per heavy atom. The lowest BCUT2D eigenvalue weighted by Crippen LogP contribution is -2.39. The molecular weight excluding hydrogens is 190 g/mol. The minimum absolute atomic E-state index is 0.423. The predicted octanol–water partition coefficient (Wildman–Crippen LogP) is 3.30. The summed E-state index contributed by atoms with van der Waals surface area (Å²) in [7, 11) is 0.